The van der Waals surface area contributed by atoms with Crippen LogP contribution >= 0.6 is 0 Å². The SMILES string of the molecule is CC[C@H]1COc2ccc3nc(C)ccc3c2O1.Cc1ccc2c3c(ccc2n1)OC[C@H](CN1CC[C@@H](Oc2ccc4c(c2)NC(=O)CO4)C1)O3.O=C1COc2ccc(O[C@@H]3CCNC3)cc2N1. The Hall–Kier alpha value is -7.04. The lowest BCUT2D eigenvalue weighted by Crippen LogP contribution is -2.40. The lowest BCUT2D eigenvalue weighted by molar-refractivity contribution is -0.119. The molecule has 2 amide bonds. The Balaban J connectivity index is 0.000000130. The molecule has 6 aliphatic rings. The number of amides is 2. The highest BCUT2D eigenvalue weighted by Gasteiger charge is 2.31. The Labute approximate surface area is 388 Å². The maximum absolute atomic E-state index is 11.6. The number of likely N-dealkylation sites (tertiary alicyclic amines) is 1. The van der Waals surface area contributed by atoms with Gasteiger partial charge >= 0.3 is 0 Å². The average molecular weight is 911 g/mol. The van der Waals surface area contributed by atoms with Gasteiger partial charge in [0, 0.05) is 60.5 Å². The number of hydrogen-bond acceptors (Lipinski definition) is 14. The van der Waals surface area contributed by atoms with Crippen LogP contribution in [0.15, 0.2) is 84.9 Å². The molecule has 0 spiro atoms. The number of carbonyl (C=O) groups is 2. The lowest BCUT2D eigenvalue weighted by atomic mass is 10.1. The zero-order valence-electron chi connectivity index (χ0n) is 37.8. The Kier molecular flexibility index (Phi) is 12.7. The third-order valence-electron chi connectivity index (χ3n) is 12.2. The molecule has 0 saturated carbocycles. The van der Waals surface area contributed by atoms with Crippen LogP contribution in [0, 0.1) is 13.8 Å². The summed E-state index contributed by atoms with van der Waals surface area (Å²) in [5, 5.41) is 10.8. The van der Waals surface area contributed by atoms with Gasteiger partial charge in [0.05, 0.1) is 22.4 Å². The van der Waals surface area contributed by atoms with Gasteiger partial charge < -0.3 is 53.8 Å². The van der Waals surface area contributed by atoms with Gasteiger partial charge in [0.25, 0.3) is 11.8 Å². The van der Waals surface area contributed by atoms with Crippen molar-refractivity contribution in [1.29, 1.82) is 0 Å². The Morgan fingerprint density at radius 2 is 1.19 bits per heavy atom. The molecule has 2 aromatic heterocycles. The van der Waals surface area contributed by atoms with Gasteiger partial charge in [-0.3, -0.25) is 24.5 Å². The molecule has 6 aromatic rings. The summed E-state index contributed by atoms with van der Waals surface area (Å²) in [4.78, 5) is 34.2. The molecule has 2 saturated heterocycles. The number of pyridine rings is 2. The van der Waals surface area contributed by atoms with Crippen LogP contribution in [0.2, 0.25) is 0 Å². The van der Waals surface area contributed by atoms with Crippen molar-refractivity contribution >= 4 is 45.0 Å². The predicted molar refractivity (Wildman–Crippen MR) is 252 cm³/mol. The zero-order valence-corrected chi connectivity index (χ0v) is 37.8. The predicted octanol–water partition coefficient (Wildman–Crippen LogP) is 7.02. The zero-order chi connectivity index (χ0) is 45.9. The normalized spacial score (nSPS) is 21.2. The van der Waals surface area contributed by atoms with E-state index >= 15 is 0 Å². The van der Waals surface area contributed by atoms with Gasteiger partial charge in [-0.15, -0.1) is 0 Å². The molecule has 2 fully saturated rings. The number of ether oxygens (including phenoxy) is 8. The minimum absolute atomic E-state index is 0.0498. The van der Waals surface area contributed by atoms with Gasteiger partial charge in [0.2, 0.25) is 0 Å². The number of carbonyl (C=O) groups excluding carboxylic acids is 2. The Morgan fingerprint density at radius 1 is 0.642 bits per heavy atom. The second kappa shape index (κ2) is 19.4. The molecule has 4 aromatic carbocycles. The summed E-state index contributed by atoms with van der Waals surface area (Å²) in [6.07, 6.45) is 3.28. The molecule has 8 heterocycles. The molecule has 16 nitrogen and oxygen atoms in total. The van der Waals surface area contributed by atoms with E-state index in [1.807, 2.05) is 92.7 Å². The maximum atomic E-state index is 11.6. The van der Waals surface area contributed by atoms with E-state index < -0.39 is 0 Å². The first-order valence-electron chi connectivity index (χ1n) is 23.0. The molecule has 3 N–H and O–H groups in total. The van der Waals surface area contributed by atoms with Gasteiger partial charge in [-0.05, 0) is 112 Å². The van der Waals surface area contributed by atoms with E-state index in [9.17, 15) is 9.59 Å². The molecule has 348 valence electrons. The third kappa shape index (κ3) is 10.2. The Morgan fingerprint density at radius 3 is 1.76 bits per heavy atom. The minimum atomic E-state index is -0.151. The fraction of sp³-hybridized carbons (Fsp3) is 0.373. The number of anilines is 2. The first kappa shape index (κ1) is 43.8. The molecule has 0 unspecified atom stereocenters. The van der Waals surface area contributed by atoms with Crippen LogP contribution in [-0.2, 0) is 9.59 Å². The highest BCUT2D eigenvalue weighted by atomic mass is 16.6. The van der Waals surface area contributed by atoms with Crippen molar-refractivity contribution in [3.05, 3.63) is 96.3 Å². The second-order valence-electron chi connectivity index (χ2n) is 17.3. The van der Waals surface area contributed by atoms with E-state index in [1.165, 1.54) is 0 Å². The summed E-state index contributed by atoms with van der Waals surface area (Å²) in [5.74, 6) is 5.80. The van der Waals surface area contributed by atoms with E-state index in [-0.39, 0.29) is 49.4 Å². The quantitative estimate of drug-likeness (QED) is 0.149. The standard InChI is InChI=1S/C25H25N3O5.C14H15NO2.C12H14N2O3/c1-15-2-4-19-20(26-15)5-7-23-25(19)33-18(13-30-23)12-28-9-8-17(11-28)32-16-3-6-22-21(10-16)27-24(29)14-31-22;1-3-10-8-16-13-7-6-12-11(14(13)17-10)5-4-9(2)15-12;15-12-7-16-11-2-1-8(5-10(11)14-12)17-9-3-4-13-6-9/h2-7,10,17-18H,8-9,11-14H2,1H3,(H,27,29);4-7,10H,3,8H2,1-2H3;1-2,5,9,13H,3-4,6-7H2,(H,14,15)/t17-,18+;10-;9-/m101/s1. The molecule has 0 radical (unpaired) electrons. The number of fused-ring (bicyclic) bond motifs is 8. The van der Waals surface area contributed by atoms with E-state index in [0.717, 1.165) is 120 Å². The molecule has 16 heteroatoms. The average Bonchev–Trinajstić information content (AvgIpc) is 4.03. The molecule has 67 heavy (non-hydrogen) atoms. The molecule has 0 bridgehead atoms. The van der Waals surface area contributed by atoms with Crippen molar-refractivity contribution in [3.8, 4) is 46.0 Å². The number of benzene rings is 4. The van der Waals surface area contributed by atoms with E-state index in [0.29, 0.717) is 36.1 Å². The first-order chi connectivity index (χ1) is 32.7. The second-order valence-corrected chi connectivity index (χ2v) is 17.3. The minimum Gasteiger partial charge on any atom is -0.489 e. The highest BCUT2D eigenvalue weighted by molar-refractivity contribution is 5.96. The summed E-state index contributed by atoms with van der Waals surface area (Å²) in [6, 6.07) is 27.0. The van der Waals surface area contributed by atoms with Crippen molar-refractivity contribution in [3.63, 3.8) is 0 Å². The summed E-state index contributed by atoms with van der Waals surface area (Å²) in [7, 11) is 0. The van der Waals surface area contributed by atoms with Gasteiger partial charge in [-0.1, -0.05) is 6.92 Å². The van der Waals surface area contributed by atoms with Gasteiger partial charge in [0.1, 0.15) is 60.6 Å². The molecule has 12 rings (SSSR count). The number of aryl methyl sites for hydroxylation is 2. The summed E-state index contributed by atoms with van der Waals surface area (Å²) < 4.78 is 46.8. The van der Waals surface area contributed by atoms with Gasteiger partial charge in [-0.2, -0.15) is 0 Å². The molecular weight excluding hydrogens is 857 g/mol. The number of hydrogen-bond donors (Lipinski definition) is 3. The van der Waals surface area contributed by atoms with E-state index in [2.05, 4.69) is 43.8 Å². The fourth-order valence-corrected chi connectivity index (χ4v) is 8.78. The maximum Gasteiger partial charge on any atom is 0.262 e. The topological polar surface area (TPSA) is 173 Å². The van der Waals surface area contributed by atoms with Crippen LogP contribution in [0.25, 0.3) is 21.8 Å². The summed E-state index contributed by atoms with van der Waals surface area (Å²) in [6.45, 7) is 11.7. The summed E-state index contributed by atoms with van der Waals surface area (Å²) in [5.41, 5.74) is 5.21. The smallest absolute Gasteiger partial charge is 0.262 e. The van der Waals surface area contributed by atoms with Gasteiger partial charge in [0.15, 0.2) is 36.2 Å². The van der Waals surface area contributed by atoms with Gasteiger partial charge in [-0.25, -0.2) is 0 Å². The van der Waals surface area contributed by atoms with E-state index in [4.69, 9.17) is 37.9 Å². The van der Waals surface area contributed by atoms with Crippen molar-refractivity contribution < 1.29 is 47.5 Å². The molecule has 4 atom stereocenters. The monoisotopic (exact) mass is 910 g/mol. The van der Waals surface area contributed by atoms with Crippen LogP contribution in [0.1, 0.15) is 37.6 Å². The van der Waals surface area contributed by atoms with Crippen LogP contribution in [0.5, 0.6) is 46.0 Å². The van der Waals surface area contributed by atoms with Crippen LogP contribution in [0.3, 0.4) is 0 Å². The van der Waals surface area contributed by atoms with Crippen LogP contribution < -0.4 is 53.8 Å². The Bertz CT molecular complexity index is 2800. The number of nitrogens with zero attached hydrogens (tertiary/aromatic N) is 3. The molecule has 0 aliphatic carbocycles. The molecule has 6 aliphatic heterocycles. The number of rotatable bonds is 7. The highest BCUT2D eigenvalue weighted by Crippen LogP contribution is 2.40. The molecular formula is C51H54N6O10. The van der Waals surface area contributed by atoms with Crippen LogP contribution in [0.4, 0.5) is 11.4 Å². The third-order valence-corrected chi connectivity index (χ3v) is 12.2. The number of aromatic nitrogens is 2. The first-order valence-corrected chi connectivity index (χ1v) is 23.0. The summed E-state index contributed by atoms with van der Waals surface area (Å²) >= 11 is 0. The van der Waals surface area contributed by atoms with Crippen molar-refractivity contribution in [2.24, 2.45) is 0 Å². The van der Waals surface area contributed by atoms with Crippen LogP contribution in [-0.4, -0.2) is 110 Å². The number of nitrogens with one attached hydrogen (secondary N) is 3. The largest absolute Gasteiger partial charge is 0.489 e. The van der Waals surface area contributed by atoms with Crippen molar-refractivity contribution in [1.82, 2.24) is 20.2 Å². The lowest BCUT2D eigenvalue weighted by Gasteiger charge is -2.30. The van der Waals surface area contributed by atoms with Crippen molar-refractivity contribution in [2.45, 2.75) is 64.4 Å². The van der Waals surface area contributed by atoms with Crippen molar-refractivity contribution in [2.75, 3.05) is 69.8 Å². The van der Waals surface area contributed by atoms with E-state index in [1.54, 1.807) is 0 Å². The fourth-order valence-electron chi connectivity index (χ4n) is 8.78.